The van der Waals surface area contributed by atoms with Crippen LogP contribution in [0.4, 0.5) is 4.39 Å². The molecule has 0 radical (unpaired) electrons. The molecule has 1 aromatic rings. The summed E-state index contributed by atoms with van der Waals surface area (Å²) in [4.78, 5) is 35.3. The molecule has 10 heteroatoms. The molecule has 1 aliphatic heterocycles. The molecule has 128 valence electrons. The monoisotopic (exact) mass is 332 g/mol. The third-order valence-electron chi connectivity index (χ3n) is 3.58. The van der Waals surface area contributed by atoms with E-state index in [2.05, 4.69) is 0 Å². The molecule has 0 spiro atoms. The van der Waals surface area contributed by atoms with Crippen molar-refractivity contribution >= 4 is 6.29 Å². The van der Waals surface area contributed by atoms with Gasteiger partial charge in [0.2, 0.25) is 5.82 Å². The van der Waals surface area contributed by atoms with Crippen LogP contribution in [-0.2, 0) is 20.7 Å². The Bertz CT molecular complexity index is 686. The van der Waals surface area contributed by atoms with Gasteiger partial charge in [-0.2, -0.15) is 4.39 Å². The van der Waals surface area contributed by atoms with Crippen molar-refractivity contribution in [3.8, 4) is 0 Å². The molecule has 0 saturated carbocycles. The summed E-state index contributed by atoms with van der Waals surface area (Å²) in [7, 11) is 0. The number of aldehydes is 1. The molecule has 1 fully saturated rings. The first-order valence-corrected chi connectivity index (χ1v) is 6.98. The van der Waals surface area contributed by atoms with Crippen LogP contribution in [-0.4, -0.2) is 57.6 Å². The number of carbonyl (C=O) groups is 1. The normalized spacial score (nSPS) is 27.3. The lowest BCUT2D eigenvalue weighted by Gasteiger charge is -2.20. The second-order valence-corrected chi connectivity index (χ2v) is 4.99. The summed E-state index contributed by atoms with van der Waals surface area (Å²) in [6.07, 6.45) is -4.83. The van der Waals surface area contributed by atoms with Gasteiger partial charge in [-0.3, -0.25) is 14.3 Å². The Hall–Kier alpha value is -1.88. The number of nitrogens with zero attached hydrogens (tertiary/aromatic N) is 1. The average Bonchev–Trinajstić information content (AvgIpc) is 2.79. The number of aliphatic hydroxyl groups is 2. The van der Waals surface area contributed by atoms with Gasteiger partial charge < -0.3 is 24.5 Å². The molecule has 9 nitrogen and oxygen atoms in total. The number of hydrogen-bond donors (Lipinski definition) is 3. The van der Waals surface area contributed by atoms with Crippen LogP contribution in [0.25, 0.3) is 0 Å². The number of nitrogens with one attached hydrogen (secondary N) is 1. The molecule has 2 rings (SSSR count). The molecule has 0 bridgehead atoms. The lowest BCUT2D eigenvalue weighted by Crippen LogP contribution is -2.41. The van der Waals surface area contributed by atoms with Gasteiger partial charge >= 0.3 is 5.69 Å². The molecule has 2 heterocycles. The van der Waals surface area contributed by atoms with E-state index in [1.807, 2.05) is 0 Å². The van der Waals surface area contributed by atoms with E-state index in [4.69, 9.17) is 9.47 Å². The number of aliphatic hydroxyl groups excluding tert-OH is 2. The Morgan fingerprint density at radius 3 is 2.70 bits per heavy atom. The van der Waals surface area contributed by atoms with Crippen LogP contribution in [0.3, 0.4) is 0 Å². The first-order chi connectivity index (χ1) is 10.9. The van der Waals surface area contributed by atoms with Gasteiger partial charge in [0.1, 0.15) is 31.2 Å². The van der Waals surface area contributed by atoms with E-state index in [-0.39, 0.29) is 25.3 Å². The van der Waals surface area contributed by atoms with Gasteiger partial charge in [-0.25, -0.2) is 4.79 Å². The number of ether oxygens (including phenoxy) is 2. The van der Waals surface area contributed by atoms with Crippen LogP contribution < -0.4 is 11.2 Å². The van der Waals surface area contributed by atoms with Crippen molar-refractivity contribution in [2.75, 3.05) is 13.2 Å². The fourth-order valence-corrected chi connectivity index (χ4v) is 2.48. The maximum absolute atomic E-state index is 13.9. The fourth-order valence-electron chi connectivity index (χ4n) is 2.48. The highest BCUT2D eigenvalue weighted by atomic mass is 19.1. The Morgan fingerprint density at radius 2 is 2.09 bits per heavy atom. The van der Waals surface area contributed by atoms with Crippen molar-refractivity contribution in [1.82, 2.24) is 9.55 Å². The molecule has 0 amide bonds. The highest BCUT2D eigenvalue weighted by molar-refractivity contribution is 5.50. The minimum atomic E-state index is -1.53. The van der Waals surface area contributed by atoms with Gasteiger partial charge in [-0.05, 0) is 6.42 Å². The Balaban J connectivity index is 2.35. The maximum atomic E-state index is 13.9. The summed E-state index contributed by atoms with van der Waals surface area (Å²) in [6, 6.07) is 0. The van der Waals surface area contributed by atoms with Gasteiger partial charge in [-0.1, -0.05) is 6.92 Å². The van der Waals surface area contributed by atoms with Crippen LogP contribution in [0, 0.1) is 5.82 Å². The lowest BCUT2D eigenvalue weighted by molar-refractivity contribution is -0.115. The van der Waals surface area contributed by atoms with Crippen molar-refractivity contribution in [2.45, 2.75) is 37.9 Å². The largest absolute Gasteiger partial charge is 0.387 e. The summed E-state index contributed by atoms with van der Waals surface area (Å²) >= 11 is 0. The molecule has 2 unspecified atom stereocenters. The number of rotatable bonds is 6. The molecule has 1 aliphatic rings. The zero-order valence-electron chi connectivity index (χ0n) is 12.3. The van der Waals surface area contributed by atoms with Crippen LogP contribution in [0.5, 0.6) is 0 Å². The van der Waals surface area contributed by atoms with Crippen molar-refractivity contribution in [2.24, 2.45) is 0 Å². The topological polar surface area (TPSA) is 131 Å². The third-order valence-corrected chi connectivity index (χ3v) is 3.58. The van der Waals surface area contributed by atoms with Gasteiger partial charge in [0.05, 0.1) is 12.3 Å². The summed E-state index contributed by atoms with van der Waals surface area (Å²) in [5, 5.41) is 20.0. The van der Waals surface area contributed by atoms with E-state index < -0.39 is 41.6 Å². The standard InChI is InChI=1S/C13H17FN2O7/c1-2-6-8(14)11(20)15-13(21)16(6)12-10(19)9(18)7(23-12)5-22-4-3-17/h3,7,9-10,12,18-19H,2,4-5H2,1H3,(H,15,20,21)/t7-,9?,10?,12-/m0/s1. The van der Waals surface area contributed by atoms with E-state index in [1.165, 1.54) is 6.92 Å². The fraction of sp³-hybridized carbons (Fsp3) is 0.615. The summed E-state index contributed by atoms with van der Waals surface area (Å²) in [5.74, 6) is -1.15. The maximum Gasteiger partial charge on any atom is 0.330 e. The second-order valence-electron chi connectivity index (χ2n) is 4.99. The third kappa shape index (κ3) is 3.24. The Kier molecular flexibility index (Phi) is 5.42. The summed E-state index contributed by atoms with van der Waals surface area (Å²) in [6.45, 7) is 1.10. The van der Waals surface area contributed by atoms with Crippen molar-refractivity contribution < 1.29 is 28.9 Å². The molecule has 0 aromatic carbocycles. The van der Waals surface area contributed by atoms with Gasteiger partial charge in [0, 0.05) is 0 Å². The molecule has 0 aliphatic carbocycles. The Morgan fingerprint density at radius 1 is 1.39 bits per heavy atom. The molecule has 23 heavy (non-hydrogen) atoms. The number of aromatic amines is 1. The number of H-pyrrole nitrogens is 1. The minimum absolute atomic E-state index is 0.0000228. The molecular weight excluding hydrogens is 315 g/mol. The van der Waals surface area contributed by atoms with E-state index in [1.54, 1.807) is 4.98 Å². The predicted octanol–water partition coefficient (Wildman–Crippen LogP) is -1.93. The number of aromatic nitrogens is 2. The predicted molar refractivity (Wildman–Crippen MR) is 73.5 cm³/mol. The highest BCUT2D eigenvalue weighted by Crippen LogP contribution is 2.29. The SMILES string of the molecule is CCc1c(F)c(=O)[nH]c(=O)n1[C@H]1O[C@@H](COCC=O)C(O)C1O. The number of halogens is 1. The second kappa shape index (κ2) is 7.13. The van der Waals surface area contributed by atoms with Gasteiger partial charge in [0.25, 0.3) is 5.56 Å². The van der Waals surface area contributed by atoms with Crippen LogP contribution in [0.15, 0.2) is 9.59 Å². The minimum Gasteiger partial charge on any atom is -0.387 e. The molecule has 4 atom stereocenters. The van der Waals surface area contributed by atoms with Gasteiger partial charge in [0.15, 0.2) is 6.23 Å². The van der Waals surface area contributed by atoms with Crippen molar-refractivity contribution in [1.29, 1.82) is 0 Å². The first kappa shape index (κ1) is 17.5. The first-order valence-electron chi connectivity index (χ1n) is 6.98. The van der Waals surface area contributed by atoms with Crippen molar-refractivity contribution in [3.05, 3.63) is 32.3 Å². The Labute approximate surface area is 129 Å². The molecule has 1 aromatic heterocycles. The molecule has 1 saturated heterocycles. The van der Waals surface area contributed by atoms with Crippen LogP contribution in [0.1, 0.15) is 18.8 Å². The van der Waals surface area contributed by atoms with E-state index in [0.29, 0.717) is 6.29 Å². The lowest BCUT2D eigenvalue weighted by atomic mass is 10.1. The summed E-state index contributed by atoms with van der Waals surface area (Å²) < 4.78 is 25.0. The molecule has 3 N–H and O–H groups in total. The smallest absolute Gasteiger partial charge is 0.330 e. The highest BCUT2D eigenvalue weighted by Gasteiger charge is 2.45. The van der Waals surface area contributed by atoms with Crippen LogP contribution in [0.2, 0.25) is 0 Å². The zero-order chi connectivity index (χ0) is 17.1. The van der Waals surface area contributed by atoms with E-state index >= 15 is 0 Å². The van der Waals surface area contributed by atoms with E-state index in [0.717, 1.165) is 4.57 Å². The van der Waals surface area contributed by atoms with Crippen molar-refractivity contribution in [3.63, 3.8) is 0 Å². The number of hydrogen-bond acceptors (Lipinski definition) is 7. The van der Waals surface area contributed by atoms with E-state index in [9.17, 15) is 29.0 Å². The zero-order valence-corrected chi connectivity index (χ0v) is 12.3. The quantitative estimate of drug-likeness (QED) is 0.408. The summed E-state index contributed by atoms with van der Waals surface area (Å²) in [5.41, 5.74) is -2.37. The van der Waals surface area contributed by atoms with Crippen LogP contribution >= 0.6 is 0 Å². The van der Waals surface area contributed by atoms with Gasteiger partial charge in [-0.15, -0.1) is 0 Å². The average molecular weight is 332 g/mol. The molecular formula is C13H17FN2O7. The number of carbonyl (C=O) groups excluding carboxylic acids is 1.